The maximum atomic E-state index is 11.9. The number of hydrogen-bond acceptors (Lipinski definition) is 2. The van der Waals surface area contributed by atoms with Gasteiger partial charge in [0.15, 0.2) is 0 Å². The van der Waals surface area contributed by atoms with Gasteiger partial charge in [-0.2, -0.15) is 0 Å². The summed E-state index contributed by atoms with van der Waals surface area (Å²) in [5.41, 5.74) is 7.25. The van der Waals surface area contributed by atoms with Crippen LogP contribution in [0.4, 0.5) is 0 Å². The molecule has 1 saturated carbocycles. The van der Waals surface area contributed by atoms with Gasteiger partial charge in [0.1, 0.15) is 0 Å². The molecule has 1 aromatic carbocycles. The average Bonchev–Trinajstić information content (AvgIpc) is 2.54. The van der Waals surface area contributed by atoms with Crippen LogP contribution < -0.4 is 11.1 Å². The molecule has 2 rings (SSSR count). The van der Waals surface area contributed by atoms with Crippen molar-refractivity contribution >= 4 is 5.91 Å². The highest BCUT2D eigenvalue weighted by Crippen LogP contribution is 2.27. The highest BCUT2D eigenvalue weighted by atomic mass is 16.1. The fourth-order valence-corrected chi connectivity index (χ4v) is 3.13. The summed E-state index contributed by atoms with van der Waals surface area (Å²) in [6.45, 7) is 0.666. The van der Waals surface area contributed by atoms with E-state index in [2.05, 4.69) is 5.32 Å². The van der Waals surface area contributed by atoms with Gasteiger partial charge in [-0.15, -0.1) is 0 Å². The predicted molar refractivity (Wildman–Crippen MR) is 86.8 cm³/mol. The summed E-state index contributed by atoms with van der Waals surface area (Å²) in [4.78, 5) is 11.9. The van der Waals surface area contributed by atoms with Gasteiger partial charge in [0.2, 0.25) is 5.91 Å². The van der Waals surface area contributed by atoms with Crippen molar-refractivity contribution < 1.29 is 4.79 Å². The Bertz CT molecular complexity index is 412. The first-order valence-corrected chi connectivity index (χ1v) is 8.33. The first-order valence-electron chi connectivity index (χ1n) is 8.33. The van der Waals surface area contributed by atoms with Gasteiger partial charge in [-0.3, -0.25) is 4.79 Å². The zero-order chi connectivity index (χ0) is 14.9. The molecule has 0 bridgehead atoms. The molecule has 1 fully saturated rings. The fourth-order valence-electron chi connectivity index (χ4n) is 3.13. The van der Waals surface area contributed by atoms with Crippen molar-refractivity contribution in [1.29, 1.82) is 0 Å². The molecule has 3 nitrogen and oxygen atoms in total. The molecule has 1 atom stereocenters. The van der Waals surface area contributed by atoms with Crippen molar-refractivity contribution in [2.24, 2.45) is 11.7 Å². The Morgan fingerprint density at radius 3 is 2.62 bits per heavy atom. The van der Waals surface area contributed by atoms with Gasteiger partial charge in [-0.25, -0.2) is 0 Å². The lowest BCUT2D eigenvalue weighted by molar-refractivity contribution is -0.121. The van der Waals surface area contributed by atoms with Crippen LogP contribution >= 0.6 is 0 Å². The van der Waals surface area contributed by atoms with E-state index in [-0.39, 0.29) is 11.9 Å². The Kier molecular flexibility index (Phi) is 6.74. The standard InChI is InChI=1S/C18H28N2O/c19-17(16-9-5-2-6-10-16)13-14-20-18(21)12-11-15-7-3-1-4-8-15/h2,5-6,9-10,15,17H,1,3-4,7-8,11-14,19H2,(H,20,21). The van der Waals surface area contributed by atoms with E-state index in [0.717, 1.165) is 24.3 Å². The topological polar surface area (TPSA) is 55.1 Å². The van der Waals surface area contributed by atoms with Crippen LogP contribution in [0.5, 0.6) is 0 Å². The van der Waals surface area contributed by atoms with Gasteiger partial charge in [0.25, 0.3) is 0 Å². The summed E-state index contributed by atoms with van der Waals surface area (Å²) in [7, 11) is 0. The molecule has 0 saturated heterocycles. The molecule has 1 amide bonds. The van der Waals surface area contributed by atoms with Crippen LogP contribution in [0.15, 0.2) is 30.3 Å². The van der Waals surface area contributed by atoms with Crippen molar-refractivity contribution in [3.63, 3.8) is 0 Å². The van der Waals surface area contributed by atoms with Crippen LogP contribution in [-0.2, 0) is 4.79 Å². The average molecular weight is 288 g/mol. The minimum atomic E-state index is 0.00449. The van der Waals surface area contributed by atoms with E-state index >= 15 is 0 Å². The Labute approximate surface area is 128 Å². The lowest BCUT2D eigenvalue weighted by atomic mass is 9.86. The Balaban J connectivity index is 1.58. The van der Waals surface area contributed by atoms with Gasteiger partial charge in [-0.05, 0) is 24.3 Å². The van der Waals surface area contributed by atoms with E-state index in [1.54, 1.807) is 0 Å². The van der Waals surface area contributed by atoms with Gasteiger partial charge >= 0.3 is 0 Å². The van der Waals surface area contributed by atoms with Crippen molar-refractivity contribution in [2.75, 3.05) is 6.54 Å². The molecule has 1 aliphatic rings. The molecule has 0 heterocycles. The van der Waals surface area contributed by atoms with Gasteiger partial charge in [0.05, 0.1) is 0 Å². The molecule has 0 aliphatic heterocycles. The summed E-state index contributed by atoms with van der Waals surface area (Å²) in [6, 6.07) is 10.1. The molecule has 1 unspecified atom stereocenters. The van der Waals surface area contributed by atoms with E-state index < -0.39 is 0 Å². The van der Waals surface area contributed by atoms with Crippen molar-refractivity contribution in [3.05, 3.63) is 35.9 Å². The molecular weight excluding hydrogens is 260 g/mol. The third-order valence-corrected chi connectivity index (χ3v) is 4.51. The number of carbonyl (C=O) groups excluding carboxylic acids is 1. The molecule has 1 aromatic rings. The minimum absolute atomic E-state index is 0.00449. The van der Waals surface area contributed by atoms with Crippen LogP contribution in [0.3, 0.4) is 0 Å². The molecule has 1 aliphatic carbocycles. The van der Waals surface area contributed by atoms with Gasteiger partial charge in [-0.1, -0.05) is 62.4 Å². The summed E-state index contributed by atoms with van der Waals surface area (Å²) in [6.07, 6.45) is 9.20. The second-order valence-electron chi connectivity index (χ2n) is 6.20. The zero-order valence-electron chi connectivity index (χ0n) is 12.9. The molecule has 116 valence electrons. The molecule has 0 aromatic heterocycles. The third kappa shape index (κ3) is 5.88. The lowest BCUT2D eigenvalue weighted by Crippen LogP contribution is -2.27. The van der Waals surface area contributed by atoms with Crippen LogP contribution in [0.2, 0.25) is 0 Å². The smallest absolute Gasteiger partial charge is 0.220 e. The molecular formula is C18H28N2O. The van der Waals surface area contributed by atoms with E-state index in [0.29, 0.717) is 13.0 Å². The SMILES string of the molecule is NC(CCNC(=O)CCC1CCCCC1)c1ccccc1. The predicted octanol–water partition coefficient (Wildman–Crippen LogP) is 3.55. The number of carbonyl (C=O) groups is 1. The number of nitrogens with one attached hydrogen (secondary N) is 1. The van der Waals surface area contributed by atoms with Crippen LogP contribution in [-0.4, -0.2) is 12.5 Å². The number of amides is 1. The highest BCUT2D eigenvalue weighted by Gasteiger charge is 2.14. The summed E-state index contributed by atoms with van der Waals surface area (Å²) >= 11 is 0. The fraction of sp³-hybridized carbons (Fsp3) is 0.611. The molecule has 0 spiro atoms. The van der Waals surface area contributed by atoms with Crippen molar-refractivity contribution in [3.8, 4) is 0 Å². The van der Waals surface area contributed by atoms with E-state index in [1.165, 1.54) is 32.1 Å². The largest absolute Gasteiger partial charge is 0.356 e. The molecule has 0 radical (unpaired) electrons. The van der Waals surface area contributed by atoms with E-state index in [4.69, 9.17) is 5.73 Å². The van der Waals surface area contributed by atoms with E-state index in [1.807, 2.05) is 30.3 Å². The van der Waals surface area contributed by atoms with Crippen LogP contribution in [0.1, 0.15) is 63.0 Å². The van der Waals surface area contributed by atoms with Crippen LogP contribution in [0.25, 0.3) is 0 Å². The van der Waals surface area contributed by atoms with Crippen molar-refractivity contribution in [2.45, 2.75) is 57.4 Å². The molecule has 3 heteroatoms. The third-order valence-electron chi connectivity index (χ3n) is 4.51. The van der Waals surface area contributed by atoms with Gasteiger partial charge < -0.3 is 11.1 Å². The monoisotopic (exact) mass is 288 g/mol. The number of benzene rings is 1. The number of nitrogens with two attached hydrogens (primary N) is 1. The molecule has 21 heavy (non-hydrogen) atoms. The summed E-state index contributed by atoms with van der Waals surface area (Å²) < 4.78 is 0. The van der Waals surface area contributed by atoms with Gasteiger partial charge in [0, 0.05) is 19.0 Å². The zero-order valence-corrected chi connectivity index (χ0v) is 12.9. The maximum absolute atomic E-state index is 11.9. The second-order valence-corrected chi connectivity index (χ2v) is 6.20. The Hall–Kier alpha value is -1.35. The Morgan fingerprint density at radius 2 is 1.90 bits per heavy atom. The summed E-state index contributed by atoms with van der Waals surface area (Å²) in [5.74, 6) is 0.955. The number of rotatable bonds is 7. The number of hydrogen-bond donors (Lipinski definition) is 2. The first-order chi connectivity index (χ1) is 10.3. The second kappa shape index (κ2) is 8.83. The van der Waals surface area contributed by atoms with Crippen LogP contribution in [0, 0.1) is 5.92 Å². The van der Waals surface area contributed by atoms with Crippen molar-refractivity contribution in [1.82, 2.24) is 5.32 Å². The summed E-state index contributed by atoms with van der Waals surface area (Å²) in [5, 5.41) is 3.00. The normalized spacial score (nSPS) is 17.4. The van der Waals surface area contributed by atoms with E-state index in [9.17, 15) is 4.79 Å². The maximum Gasteiger partial charge on any atom is 0.220 e. The highest BCUT2D eigenvalue weighted by molar-refractivity contribution is 5.75. The molecule has 3 N–H and O–H groups in total. The quantitative estimate of drug-likeness (QED) is 0.806. The first kappa shape index (κ1) is 16.0. The lowest BCUT2D eigenvalue weighted by Gasteiger charge is -2.21. The Morgan fingerprint density at radius 1 is 1.19 bits per heavy atom. The minimum Gasteiger partial charge on any atom is -0.356 e.